The molecular weight excluding hydrogens is 370 g/mol. The normalized spacial score (nSPS) is 18.6. The van der Waals surface area contributed by atoms with Crippen LogP contribution in [0.25, 0.3) is 0 Å². The van der Waals surface area contributed by atoms with Gasteiger partial charge in [0.1, 0.15) is 0 Å². The quantitative estimate of drug-likeness (QED) is 0.494. The van der Waals surface area contributed by atoms with Crippen molar-refractivity contribution in [2.45, 2.75) is 38.1 Å². The van der Waals surface area contributed by atoms with Gasteiger partial charge in [0.05, 0.1) is 23.7 Å². The number of carbonyl (C=O) groups is 1. The molecule has 0 aliphatic carbocycles. The van der Waals surface area contributed by atoms with Crippen molar-refractivity contribution in [3.63, 3.8) is 0 Å². The molecule has 3 rings (SSSR count). The number of hydrogen-bond donors (Lipinski definition) is 3. The molecule has 146 valence electrons. The number of amides is 1. The van der Waals surface area contributed by atoms with Gasteiger partial charge in [-0.1, -0.05) is 48.8 Å². The third-order valence-electron chi connectivity index (χ3n) is 3.52. The number of nitrogens with zero attached hydrogens (tertiary/aromatic N) is 1. The fraction of sp³-hybridized carbons (Fsp3) is 0.273. The zero-order valence-corrected chi connectivity index (χ0v) is 15.6. The Kier molecular flexibility index (Phi) is 3.84. The number of thiazole rings is 1. The van der Waals surface area contributed by atoms with E-state index in [0.717, 1.165) is 11.3 Å². The number of aliphatic hydroxyl groups excluding tert-OH is 1. The minimum Gasteiger partial charge on any atom is -0.388 e. The number of hydrogen-bond acceptors (Lipinski definition) is 5. The van der Waals surface area contributed by atoms with Crippen LogP contribution in [0.5, 0.6) is 0 Å². The number of rotatable bonds is 9. The van der Waals surface area contributed by atoms with Crippen LogP contribution in [0, 0.1) is 0 Å². The Balaban J connectivity index is 1.87. The van der Waals surface area contributed by atoms with Crippen LogP contribution in [0.3, 0.4) is 0 Å². The van der Waals surface area contributed by atoms with Crippen LogP contribution in [0.2, 0.25) is 0 Å². The van der Waals surface area contributed by atoms with Crippen molar-refractivity contribution < 1.29 is 23.6 Å². The molecule has 0 unspecified atom stereocenters. The summed E-state index contributed by atoms with van der Waals surface area (Å²) in [5, 5.41) is 13.8. The summed E-state index contributed by atoms with van der Waals surface area (Å²) in [6, 6.07) is 5.08. The van der Waals surface area contributed by atoms with Gasteiger partial charge in [0, 0.05) is 19.3 Å². The second-order valence-corrected chi connectivity index (χ2v) is 6.51. The molecule has 3 aromatic rings. The minimum absolute atomic E-state index is 0.0280. The molecule has 5 nitrogen and oxygen atoms in total. The molecule has 0 fully saturated rings. The predicted molar refractivity (Wildman–Crippen MR) is 114 cm³/mol. The molecule has 0 radical (unpaired) electrons. The van der Waals surface area contributed by atoms with Crippen LogP contribution < -0.4 is 11.1 Å². The van der Waals surface area contributed by atoms with Gasteiger partial charge in [0.2, 0.25) is 5.91 Å². The van der Waals surface area contributed by atoms with E-state index in [2.05, 4.69) is 10.3 Å². The highest BCUT2D eigenvalue weighted by Crippen LogP contribution is 2.20. The van der Waals surface area contributed by atoms with Crippen molar-refractivity contribution in [2.75, 3.05) is 11.1 Å². The molecule has 0 aliphatic rings. The van der Waals surface area contributed by atoms with E-state index >= 15 is 0 Å². The zero-order valence-electron chi connectivity index (χ0n) is 24.7. The molecule has 0 aliphatic heterocycles. The van der Waals surface area contributed by atoms with Crippen molar-refractivity contribution in [3.8, 4) is 0 Å². The van der Waals surface area contributed by atoms with Gasteiger partial charge < -0.3 is 16.2 Å². The lowest BCUT2D eigenvalue weighted by Crippen LogP contribution is -2.14. The van der Waals surface area contributed by atoms with E-state index in [1.165, 1.54) is 17.5 Å². The van der Waals surface area contributed by atoms with E-state index in [1.54, 1.807) is 18.2 Å². The van der Waals surface area contributed by atoms with Crippen LogP contribution in [-0.4, -0.2) is 16.0 Å². The van der Waals surface area contributed by atoms with Gasteiger partial charge in [-0.2, -0.15) is 0 Å². The maximum absolute atomic E-state index is 12.6. The highest BCUT2D eigenvalue weighted by molar-refractivity contribution is 7.13. The molecule has 0 saturated heterocycles. The average Bonchev–Trinajstić information content (AvgIpc) is 3.29. The van der Waals surface area contributed by atoms with E-state index in [-0.39, 0.29) is 22.0 Å². The first-order valence-electron chi connectivity index (χ1n) is 13.3. The van der Waals surface area contributed by atoms with Gasteiger partial charge in [-0.15, -0.1) is 11.3 Å². The van der Waals surface area contributed by atoms with Crippen LogP contribution in [0.15, 0.2) is 59.9 Å². The lowest BCUT2D eigenvalue weighted by molar-refractivity contribution is -0.115. The Labute approximate surface area is 183 Å². The van der Waals surface area contributed by atoms with Gasteiger partial charge in [0.15, 0.2) is 5.13 Å². The Morgan fingerprint density at radius 3 is 2.71 bits per heavy atom. The summed E-state index contributed by atoms with van der Waals surface area (Å²) in [6.45, 7) is 0. The number of aliphatic hydroxyl groups is 1. The van der Waals surface area contributed by atoms with E-state index in [1.807, 2.05) is 0 Å². The molecule has 28 heavy (non-hydrogen) atoms. The second kappa shape index (κ2) is 10.0. The van der Waals surface area contributed by atoms with Crippen LogP contribution in [0.4, 0.5) is 10.8 Å². The molecule has 1 atom stereocenters. The number of nitrogens with one attached hydrogen (secondary N) is 1. The summed E-state index contributed by atoms with van der Waals surface area (Å²) in [6.07, 6.45) is -10.7. The van der Waals surface area contributed by atoms with Crippen molar-refractivity contribution in [1.82, 2.24) is 4.98 Å². The van der Waals surface area contributed by atoms with Gasteiger partial charge in [-0.25, -0.2) is 4.98 Å². The molecule has 2 aromatic carbocycles. The summed E-state index contributed by atoms with van der Waals surface area (Å²) in [5.41, 5.74) is 4.50. The molecule has 0 spiro atoms. The van der Waals surface area contributed by atoms with Crippen LogP contribution in [-0.2, 0) is 17.6 Å². The maximum Gasteiger partial charge on any atom is 0.230 e. The first-order chi connectivity index (χ1) is 17.5. The SMILES string of the molecule is [2H]c1c([2H])c(NC(=O)C([2H])([2H])c2csc(N)n2)c([2H])c([2H])c1CC([2H])([2H])CC([2H])([2H])[C@H](O)c1ccccc1. The lowest BCUT2D eigenvalue weighted by Gasteiger charge is -2.10. The standard InChI is InChI=1S/C22H25N3O2S/c23-22-25-19(15-28-22)14-21(27)24-18-12-10-16(11-13-18)6-4-5-9-20(26)17-7-2-1-3-8-17/h1-3,7-8,10-13,15,20,26H,4-6,9,14H2,(H2,23,25)(H,24,27)/t20-/m0/s1/i4D2,9D2,10D,11D,12D,13D,14D2. The van der Waals surface area contributed by atoms with Gasteiger partial charge >= 0.3 is 0 Å². The van der Waals surface area contributed by atoms with E-state index in [9.17, 15) is 9.90 Å². The first kappa shape index (κ1) is 10.7. The summed E-state index contributed by atoms with van der Waals surface area (Å²) in [7, 11) is 0. The minimum atomic E-state index is -2.70. The maximum atomic E-state index is 12.6. The van der Waals surface area contributed by atoms with Crippen molar-refractivity contribution in [1.29, 1.82) is 0 Å². The third-order valence-corrected chi connectivity index (χ3v) is 4.19. The fourth-order valence-corrected chi connectivity index (χ4v) is 2.70. The predicted octanol–water partition coefficient (Wildman–Crippen LogP) is 4.35. The molecular formula is C22H25N3O2S. The number of nitrogens with two attached hydrogens (primary N) is 1. The highest BCUT2D eigenvalue weighted by Gasteiger charge is 2.08. The Bertz CT molecular complexity index is 1310. The summed E-state index contributed by atoms with van der Waals surface area (Å²) >= 11 is 0.912. The number of aromatic nitrogens is 1. The van der Waals surface area contributed by atoms with Crippen LogP contribution in [0.1, 0.15) is 55.8 Å². The Morgan fingerprint density at radius 1 is 1.29 bits per heavy atom. The van der Waals surface area contributed by atoms with Crippen molar-refractivity contribution in [3.05, 3.63) is 76.7 Å². The van der Waals surface area contributed by atoms with E-state index in [4.69, 9.17) is 19.4 Å². The molecule has 1 aromatic heterocycles. The Hall–Kier alpha value is -2.70. The number of anilines is 2. The average molecular weight is 406 g/mol. The fourth-order valence-electron chi connectivity index (χ4n) is 2.20. The first-order valence-corrected chi connectivity index (χ1v) is 9.21. The number of benzene rings is 2. The molecule has 0 bridgehead atoms. The largest absolute Gasteiger partial charge is 0.388 e. The highest BCUT2D eigenvalue weighted by atomic mass is 32.1. The third kappa shape index (κ3) is 6.18. The zero-order chi connectivity index (χ0) is 28.6. The second-order valence-electron chi connectivity index (χ2n) is 5.62. The van der Waals surface area contributed by atoms with E-state index in [0.29, 0.717) is 0 Å². The van der Waals surface area contributed by atoms with Crippen molar-refractivity contribution >= 4 is 28.1 Å². The number of carbonyl (C=O) groups excluding carboxylic acids is 1. The summed E-state index contributed by atoms with van der Waals surface area (Å²) in [4.78, 5) is 16.4. The Morgan fingerprint density at radius 2 is 2.04 bits per heavy atom. The summed E-state index contributed by atoms with van der Waals surface area (Å²) in [5.74, 6) is -1.30. The number of nitrogen functional groups attached to an aromatic ring is 1. The summed E-state index contributed by atoms with van der Waals surface area (Å²) < 4.78 is 82.4. The monoisotopic (exact) mass is 405 g/mol. The molecule has 1 heterocycles. The molecule has 4 N–H and O–H groups in total. The van der Waals surface area contributed by atoms with Crippen molar-refractivity contribution in [2.24, 2.45) is 0 Å². The lowest BCUT2D eigenvalue weighted by atomic mass is 10.0. The van der Waals surface area contributed by atoms with Gasteiger partial charge in [0.25, 0.3) is 0 Å². The van der Waals surface area contributed by atoms with Gasteiger partial charge in [-0.05, 0) is 42.4 Å². The topological polar surface area (TPSA) is 88.2 Å². The smallest absolute Gasteiger partial charge is 0.230 e. The van der Waals surface area contributed by atoms with Gasteiger partial charge in [-0.3, -0.25) is 4.79 Å². The van der Waals surface area contributed by atoms with Crippen LogP contribution >= 0.6 is 11.3 Å². The molecule has 1 amide bonds. The molecule has 6 heteroatoms. The van der Waals surface area contributed by atoms with E-state index < -0.39 is 73.8 Å². The molecule has 0 saturated carbocycles.